The molecular formula is C24H25F4N5O2. The molecule has 3 heterocycles. The number of hydrogen-bond acceptors (Lipinski definition) is 5. The van der Waals surface area contributed by atoms with E-state index in [1.54, 1.807) is 6.92 Å². The van der Waals surface area contributed by atoms with Gasteiger partial charge in [0.1, 0.15) is 29.3 Å². The molecule has 0 aliphatic carbocycles. The van der Waals surface area contributed by atoms with E-state index < -0.39 is 35.1 Å². The fourth-order valence-corrected chi connectivity index (χ4v) is 4.51. The lowest BCUT2D eigenvalue weighted by molar-refractivity contribution is -0.131. The third kappa shape index (κ3) is 4.46. The number of aromatic nitrogens is 3. The van der Waals surface area contributed by atoms with Crippen molar-refractivity contribution in [3.8, 4) is 0 Å². The average Bonchev–Trinajstić information content (AvgIpc) is 2.81. The Kier molecular flexibility index (Phi) is 6.52. The molecule has 186 valence electrons. The molecule has 11 heteroatoms. The van der Waals surface area contributed by atoms with Crippen LogP contribution in [0.15, 0.2) is 35.4 Å². The smallest absolute Gasteiger partial charge is 0.266 e. The van der Waals surface area contributed by atoms with Gasteiger partial charge in [-0.15, -0.1) is 0 Å². The number of nitrogens with zero attached hydrogens (tertiary/aromatic N) is 4. The number of carbonyl (C=O) groups is 1. The molecule has 0 bridgehead atoms. The Morgan fingerprint density at radius 1 is 1.17 bits per heavy atom. The summed E-state index contributed by atoms with van der Waals surface area (Å²) < 4.78 is 58.2. The topological polar surface area (TPSA) is 80.1 Å². The lowest BCUT2D eigenvalue weighted by Crippen LogP contribution is -2.45. The zero-order valence-corrected chi connectivity index (χ0v) is 19.5. The molecule has 3 aromatic rings. The maximum absolute atomic E-state index is 16.0. The first-order valence-electron chi connectivity index (χ1n) is 11.2. The molecule has 1 saturated heterocycles. The van der Waals surface area contributed by atoms with Crippen LogP contribution in [-0.2, 0) is 17.5 Å². The second kappa shape index (κ2) is 9.27. The number of anilines is 1. The van der Waals surface area contributed by atoms with Gasteiger partial charge < -0.3 is 10.2 Å². The van der Waals surface area contributed by atoms with Gasteiger partial charge in [-0.05, 0) is 13.0 Å². The van der Waals surface area contributed by atoms with Crippen LogP contribution in [0.3, 0.4) is 0 Å². The fraction of sp³-hybridized carbons (Fsp3) is 0.417. The monoisotopic (exact) mass is 491 g/mol. The number of likely N-dealkylation sites (tertiary alicyclic amines) is 1. The standard InChI is InChI=1S/C24H25F4N5O2/c1-13(15-5-4-6-16(19(15)25)20(26)27)31-21-17-11-18(23(35)32(3)22(17)30-12-29-21)24(28)7-9-33(10-8-24)14(2)34/h4-6,11-13,20H,7-10H2,1-3H3,(H,29,30,31)/t13-/m1/s1. The molecule has 7 nitrogen and oxygen atoms in total. The molecule has 1 N–H and O–H groups in total. The Hall–Kier alpha value is -3.50. The van der Waals surface area contributed by atoms with Crippen molar-refractivity contribution in [2.75, 3.05) is 18.4 Å². The van der Waals surface area contributed by atoms with Gasteiger partial charge >= 0.3 is 0 Å². The van der Waals surface area contributed by atoms with Crippen LogP contribution in [0, 0.1) is 5.82 Å². The highest BCUT2D eigenvalue weighted by Gasteiger charge is 2.40. The Balaban J connectivity index is 1.75. The molecule has 1 aliphatic rings. The molecule has 1 aromatic carbocycles. The van der Waals surface area contributed by atoms with E-state index in [1.165, 1.54) is 48.0 Å². The van der Waals surface area contributed by atoms with Gasteiger partial charge in [0.15, 0.2) is 0 Å². The van der Waals surface area contributed by atoms with Gasteiger partial charge in [0.2, 0.25) is 5.91 Å². The maximum atomic E-state index is 16.0. The predicted molar refractivity (Wildman–Crippen MR) is 122 cm³/mol. The summed E-state index contributed by atoms with van der Waals surface area (Å²) in [6.45, 7) is 3.36. The molecular weight excluding hydrogens is 466 g/mol. The van der Waals surface area contributed by atoms with Crippen molar-refractivity contribution in [3.63, 3.8) is 0 Å². The first kappa shape index (κ1) is 24.6. The van der Waals surface area contributed by atoms with Crippen molar-refractivity contribution in [3.05, 3.63) is 63.5 Å². The van der Waals surface area contributed by atoms with Crippen molar-refractivity contribution < 1.29 is 22.4 Å². The van der Waals surface area contributed by atoms with Crippen LogP contribution in [-0.4, -0.2) is 38.4 Å². The Morgan fingerprint density at radius 2 is 1.83 bits per heavy atom. The van der Waals surface area contributed by atoms with E-state index in [-0.39, 0.29) is 54.4 Å². The first-order valence-corrected chi connectivity index (χ1v) is 11.2. The highest BCUT2D eigenvalue weighted by atomic mass is 19.3. The van der Waals surface area contributed by atoms with Gasteiger partial charge in [-0.25, -0.2) is 27.5 Å². The van der Waals surface area contributed by atoms with Gasteiger partial charge in [0, 0.05) is 45.5 Å². The number of rotatable bonds is 5. The molecule has 0 unspecified atom stereocenters. The number of halogens is 4. The largest absolute Gasteiger partial charge is 0.363 e. The summed E-state index contributed by atoms with van der Waals surface area (Å²) in [6.07, 6.45) is -1.83. The van der Waals surface area contributed by atoms with E-state index >= 15 is 4.39 Å². The number of pyridine rings is 1. The molecule has 1 aliphatic heterocycles. The average molecular weight is 491 g/mol. The third-order valence-corrected chi connectivity index (χ3v) is 6.60. The highest BCUT2D eigenvalue weighted by molar-refractivity contribution is 5.87. The normalized spacial score (nSPS) is 16.5. The minimum Gasteiger partial charge on any atom is -0.363 e. The Labute approximate surface area is 198 Å². The number of benzene rings is 1. The summed E-state index contributed by atoms with van der Waals surface area (Å²) in [5, 5.41) is 3.32. The fourth-order valence-electron chi connectivity index (χ4n) is 4.51. The van der Waals surface area contributed by atoms with Crippen molar-refractivity contribution in [2.45, 2.75) is 44.8 Å². The van der Waals surface area contributed by atoms with Crippen molar-refractivity contribution in [2.24, 2.45) is 7.05 Å². The summed E-state index contributed by atoms with van der Waals surface area (Å²) in [6, 6.07) is 4.38. The van der Waals surface area contributed by atoms with Gasteiger partial charge in [-0.2, -0.15) is 0 Å². The predicted octanol–water partition coefficient (Wildman–Crippen LogP) is 4.39. The highest BCUT2D eigenvalue weighted by Crippen LogP contribution is 2.37. The second-order valence-electron chi connectivity index (χ2n) is 8.77. The zero-order valence-electron chi connectivity index (χ0n) is 19.5. The maximum Gasteiger partial charge on any atom is 0.266 e. The first-order chi connectivity index (χ1) is 16.5. The van der Waals surface area contributed by atoms with Gasteiger partial charge in [-0.1, -0.05) is 18.2 Å². The molecule has 0 radical (unpaired) electrons. The van der Waals surface area contributed by atoms with Gasteiger partial charge in [-0.3, -0.25) is 14.2 Å². The van der Waals surface area contributed by atoms with Crippen LogP contribution in [0.4, 0.5) is 23.4 Å². The number of alkyl halides is 3. The Morgan fingerprint density at radius 3 is 2.46 bits per heavy atom. The summed E-state index contributed by atoms with van der Waals surface area (Å²) in [5.41, 5.74) is -3.04. The second-order valence-corrected chi connectivity index (χ2v) is 8.77. The van der Waals surface area contributed by atoms with E-state index in [1.807, 2.05) is 0 Å². The van der Waals surface area contributed by atoms with Crippen LogP contribution in [0.1, 0.15) is 55.8 Å². The van der Waals surface area contributed by atoms with Crippen LogP contribution >= 0.6 is 0 Å². The van der Waals surface area contributed by atoms with Crippen molar-refractivity contribution in [1.82, 2.24) is 19.4 Å². The molecule has 0 saturated carbocycles. The van der Waals surface area contributed by atoms with Gasteiger partial charge in [0.05, 0.1) is 22.6 Å². The van der Waals surface area contributed by atoms with Crippen molar-refractivity contribution >= 4 is 22.8 Å². The minimum atomic E-state index is -2.96. The van der Waals surface area contributed by atoms with E-state index in [0.29, 0.717) is 5.39 Å². The quantitative estimate of drug-likeness (QED) is 0.536. The third-order valence-electron chi connectivity index (χ3n) is 6.60. The number of hydrogen-bond donors (Lipinski definition) is 1. The van der Waals surface area contributed by atoms with Crippen LogP contribution in [0.25, 0.3) is 11.0 Å². The summed E-state index contributed by atoms with van der Waals surface area (Å²) in [4.78, 5) is 34.5. The minimum absolute atomic E-state index is 0.0122. The van der Waals surface area contributed by atoms with E-state index in [9.17, 15) is 22.8 Å². The number of fused-ring (bicyclic) bond motifs is 1. The number of carbonyl (C=O) groups excluding carboxylic acids is 1. The Bertz CT molecular complexity index is 1340. The zero-order chi connectivity index (χ0) is 25.5. The SMILES string of the molecule is CC(=O)N1CCC(F)(c2cc3c(N[C@H](C)c4cccc(C(F)F)c4F)ncnc3n(C)c2=O)CC1. The molecule has 1 fully saturated rings. The molecule has 1 atom stereocenters. The summed E-state index contributed by atoms with van der Waals surface area (Å²) in [7, 11) is 1.47. The van der Waals surface area contributed by atoms with E-state index in [4.69, 9.17) is 0 Å². The van der Waals surface area contributed by atoms with Crippen LogP contribution in [0.2, 0.25) is 0 Å². The molecule has 35 heavy (non-hydrogen) atoms. The number of nitrogens with one attached hydrogen (secondary N) is 1. The van der Waals surface area contributed by atoms with E-state index in [2.05, 4.69) is 15.3 Å². The lowest BCUT2D eigenvalue weighted by Gasteiger charge is -2.36. The lowest BCUT2D eigenvalue weighted by atomic mass is 9.86. The number of piperidine rings is 1. The van der Waals surface area contributed by atoms with Crippen molar-refractivity contribution in [1.29, 1.82) is 0 Å². The molecule has 0 spiro atoms. The molecule has 4 rings (SSSR count). The van der Waals surface area contributed by atoms with E-state index in [0.717, 1.165) is 6.07 Å². The molecule has 2 aromatic heterocycles. The number of amides is 1. The summed E-state index contributed by atoms with van der Waals surface area (Å²) >= 11 is 0. The number of aryl methyl sites for hydroxylation is 1. The molecule has 1 amide bonds. The van der Waals surface area contributed by atoms with Crippen LogP contribution in [0.5, 0.6) is 0 Å². The summed E-state index contributed by atoms with van der Waals surface area (Å²) in [5.74, 6) is -0.977. The van der Waals surface area contributed by atoms with Gasteiger partial charge in [0.25, 0.3) is 12.0 Å². The van der Waals surface area contributed by atoms with Crippen LogP contribution < -0.4 is 10.9 Å².